The summed E-state index contributed by atoms with van der Waals surface area (Å²) in [6, 6.07) is 7.95. The molecule has 0 spiro atoms. The molecule has 1 aromatic carbocycles. The largest absolute Gasteiger partial charge is 0.469 e. The molecule has 3 atom stereocenters. The van der Waals surface area contributed by atoms with Gasteiger partial charge in [0, 0.05) is 42.9 Å². The molecular formula is C17H23ClN2O3. The Morgan fingerprint density at radius 2 is 2.00 bits per heavy atom. The highest BCUT2D eigenvalue weighted by molar-refractivity contribution is 6.30. The van der Waals surface area contributed by atoms with E-state index in [1.54, 1.807) is 0 Å². The Balaban J connectivity index is 1.58. The smallest absolute Gasteiger partial charge is 0.308 e. The van der Waals surface area contributed by atoms with E-state index in [-0.39, 0.29) is 17.9 Å². The third kappa shape index (κ3) is 3.62. The number of benzene rings is 1. The van der Waals surface area contributed by atoms with Crippen LogP contribution in [0.4, 0.5) is 5.69 Å². The number of anilines is 1. The van der Waals surface area contributed by atoms with E-state index in [1.807, 2.05) is 18.2 Å². The molecule has 1 saturated heterocycles. The number of hydrogen-bond donors (Lipinski definition) is 1. The fourth-order valence-corrected chi connectivity index (χ4v) is 3.91. The second-order valence-corrected chi connectivity index (χ2v) is 6.77. The topological polar surface area (TPSA) is 53.0 Å². The zero-order valence-corrected chi connectivity index (χ0v) is 14.1. The Morgan fingerprint density at radius 3 is 2.65 bits per heavy atom. The number of methoxy groups -OCH3 is 1. The molecule has 0 radical (unpaired) electrons. The first-order valence-corrected chi connectivity index (χ1v) is 8.46. The van der Waals surface area contributed by atoms with Gasteiger partial charge < -0.3 is 14.7 Å². The standard InChI is InChI=1S/C17H23ClN2O3/c1-23-17(22)12-9-15(16(21)10-12)20-7-5-19(6-8-20)14-4-2-3-13(18)11-14/h2-4,11-12,15-16,21H,5-10H2,1H3. The van der Waals surface area contributed by atoms with Crippen molar-refractivity contribution in [3.63, 3.8) is 0 Å². The minimum Gasteiger partial charge on any atom is -0.469 e. The molecule has 1 saturated carbocycles. The molecule has 3 unspecified atom stereocenters. The molecule has 5 nitrogen and oxygen atoms in total. The number of halogens is 1. The molecule has 1 aromatic rings. The molecule has 23 heavy (non-hydrogen) atoms. The Hall–Kier alpha value is -1.30. The Labute approximate surface area is 141 Å². The SMILES string of the molecule is COC(=O)C1CC(O)C(N2CCN(c3cccc(Cl)c3)CC2)C1. The van der Waals surface area contributed by atoms with Gasteiger partial charge in [-0.05, 0) is 31.0 Å². The number of carbonyl (C=O) groups is 1. The molecule has 6 heteroatoms. The summed E-state index contributed by atoms with van der Waals surface area (Å²) in [7, 11) is 1.41. The fourth-order valence-electron chi connectivity index (χ4n) is 3.73. The van der Waals surface area contributed by atoms with Gasteiger partial charge in [-0.2, -0.15) is 0 Å². The molecule has 3 rings (SSSR count). The third-order valence-electron chi connectivity index (χ3n) is 4.99. The van der Waals surface area contributed by atoms with Crippen LogP contribution >= 0.6 is 11.6 Å². The van der Waals surface area contributed by atoms with Crippen molar-refractivity contribution in [1.82, 2.24) is 4.90 Å². The van der Waals surface area contributed by atoms with E-state index in [9.17, 15) is 9.90 Å². The highest BCUT2D eigenvalue weighted by Crippen LogP contribution is 2.32. The van der Waals surface area contributed by atoms with Crippen LogP contribution in [0.3, 0.4) is 0 Å². The van der Waals surface area contributed by atoms with Crippen molar-refractivity contribution in [2.75, 3.05) is 38.2 Å². The van der Waals surface area contributed by atoms with Crippen molar-refractivity contribution >= 4 is 23.3 Å². The number of esters is 1. The lowest BCUT2D eigenvalue weighted by molar-refractivity contribution is -0.145. The van der Waals surface area contributed by atoms with Crippen LogP contribution in [0.25, 0.3) is 0 Å². The molecule has 126 valence electrons. The van der Waals surface area contributed by atoms with E-state index >= 15 is 0 Å². The molecule has 1 heterocycles. The molecule has 1 aliphatic heterocycles. The van der Waals surface area contributed by atoms with E-state index in [1.165, 1.54) is 7.11 Å². The monoisotopic (exact) mass is 338 g/mol. The van der Waals surface area contributed by atoms with E-state index < -0.39 is 6.10 Å². The first kappa shape index (κ1) is 16.6. The molecule has 1 aliphatic carbocycles. The van der Waals surface area contributed by atoms with Crippen LogP contribution in [-0.4, -0.2) is 61.4 Å². The normalized spacial score (nSPS) is 28.8. The summed E-state index contributed by atoms with van der Waals surface area (Å²) in [4.78, 5) is 16.3. The van der Waals surface area contributed by atoms with Crippen molar-refractivity contribution in [1.29, 1.82) is 0 Å². The predicted molar refractivity (Wildman–Crippen MR) is 89.8 cm³/mol. The van der Waals surface area contributed by atoms with Gasteiger partial charge in [0.15, 0.2) is 0 Å². The summed E-state index contributed by atoms with van der Waals surface area (Å²) in [5, 5.41) is 11.0. The molecule has 0 aromatic heterocycles. The van der Waals surface area contributed by atoms with Gasteiger partial charge in [-0.3, -0.25) is 9.69 Å². The lowest BCUT2D eigenvalue weighted by atomic mass is 10.1. The zero-order chi connectivity index (χ0) is 16.4. The van der Waals surface area contributed by atoms with E-state index in [2.05, 4.69) is 15.9 Å². The van der Waals surface area contributed by atoms with Crippen LogP contribution in [0, 0.1) is 5.92 Å². The lowest BCUT2D eigenvalue weighted by Crippen LogP contribution is -2.52. The van der Waals surface area contributed by atoms with Crippen molar-refractivity contribution in [2.45, 2.75) is 25.0 Å². The number of hydrogen-bond acceptors (Lipinski definition) is 5. The van der Waals surface area contributed by atoms with Crippen molar-refractivity contribution in [3.05, 3.63) is 29.3 Å². The minimum absolute atomic E-state index is 0.0561. The van der Waals surface area contributed by atoms with Gasteiger partial charge in [0.05, 0.1) is 19.1 Å². The van der Waals surface area contributed by atoms with Gasteiger partial charge in [-0.1, -0.05) is 17.7 Å². The van der Waals surface area contributed by atoms with Crippen LogP contribution in [-0.2, 0) is 9.53 Å². The highest BCUT2D eigenvalue weighted by atomic mass is 35.5. The maximum absolute atomic E-state index is 11.7. The van der Waals surface area contributed by atoms with Gasteiger partial charge in [0.2, 0.25) is 0 Å². The van der Waals surface area contributed by atoms with Gasteiger partial charge in [-0.25, -0.2) is 0 Å². The number of piperazine rings is 1. The number of carbonyl (C=O) groups excluding carboxylic acids is 1. The Morgan fingerprint density at radius 1 is 1.26 bits per heavy atom. The van der Waals surface area contributed by atoms with Gasteiger partial charge in [0.1, 0.15) is 0 Å². The van der Waals surface area contributed by atoms with Crippen LogP contribution in [0.5, 0.6) is 0 Å². The Kier molecular flexibility index (Phi) is 5.09. The number of aliphatic hydroxyl groups is 1. The molecular weight excluding hydrogens is 316 g/mol. The molecule has 1 N–H and O–H groups in total. The average molecular weight is 339 g/mol. The summed E-state index contributed by atoms with van der Waals surface area (Å²) in [6.07, 6.45) is 0.744. The van der Waals surface area contributed by atoms with Gasteiger partial charge in [-0.15, -0.1) is 0 Å². The zero-order valence-electron chi connectivity index (χ0n) is 13.3. The van der Waals surface area contributed by atoms with Crippen molar-refractivity contribution < 1.29 is 14.6 Å². The summed E-state index contributed by atoms with van der Waals surface area (Å²) < 4.78 is 4.81. The third-order valence-corrected chi connectivity index (χ3v) is 5.22. The van der Waals surface area contributed by atoms with E-state index in [4.69, 9.17) is 16.3 Å². The number of nitrogens with zero attached hydrogens (tertiary/aromatic N) is 2. The van der Waals surface area contributed by atoms with Crippen LogP contribution in [0.1, 0.15) is 12.8 Å². The van der Waals surface area contributed by atoms with Crippen molar-refractivity contribution in [3.8, 4) is 0 Å². The number of rotatable bonds is 3. The molecule has 0 amide bonds. The summed E-state index contributed by atoms with van der Waals surface area (Å²) in [5.74, 6) is -0.380. The Bertz CT molecular complexity index is 561. The van der Waals surface area contributed by atoms with E-state index in [0.717, 1.165) is 36.9 Å². The van der Waals surface area contributed by atoms with Gasteiger partial charge in [0.25, 0.3) is 0 Å². The lowest BCUT2D eigenvalue weighted by Gasteiger charge is -2.40. The first-order valence-electron chi connectivity index (χ1n) is 8.09. The number of ether oxygens (including phenoxy) is 1. The maximum atomic E-state index is 11.7. The summed E-state index contributed by atoms with van der Waals surface area (Å²) in [6.45, 7) is 3.54. The highest BCUT2D eigenvalue weighted by Gasteiger charge is 2.41. The number of aliphatic hydroxyl groups excluding tert-OH is 1. The molecule has 0 bridgehead atoms. The molecule has 2 fully saturated rings. The van der Waals surface area contributed by atoms with Crippen molar-refractivity contribution in [2.24, 2.45) is 5.92 Å². The quantitative estimate of drug-likeness (QED) is 0.851. The minimum atomic E-state index is -0.447. The van der Waals surface area contributed by atoms with Gasteiger partial charge >= 0.3 is 5.97 Å². The average Bonchev–Trinajstić information content (AvgIpc) is 2.96. The van der Waals surface area contributed by atoms with Crippen LogP contribution in [0.15, 0.2) is 24.3 Å². The first-order chi connectivity index (χ1) is 11.1. The van der Waals surface area contributed by atoms with E-state index in [0.29, 0.717) is 12.8 Å². The summed E-state index contributed by atoms with van der Waals surface area (Å²) in [5.41, 5.74) is 1.14. The molecule has 2 aliphatic rings. The maximum Gasteiger partial charge on any atom is 0.308 e. The predicted octanol–water partition coefficient (Wildman–Crippen LogP) is 1.77. The second-order valence-electron chi connectivity index (χ2n) is 6.33. The van der Waals surface area contributed by atoms with Crippen LogP contribution in [0.2, 0.25) is 5.02 Å². The van der Waals surface area contributed by atoms with Crippen LogP contribution < -0.4 is 4.90 Å². The second kappa shape index (κ2) is 7.07. The fraction of sp³-hybridized carbons (Fsp3) is 0.588. The summed E-state index contributed by atoms with van der Waals surface area (Å²) >= 11 is 6.06.